The predicted octanol–water partition coefficient (Wildman–Crippen LogP) is 3.56. The number of rotatable bonds is 5. The van der Waals surface area contributed by atoms with Crippen LogP contribution in [0.5, 0.6) is 0 Å². The van der Waals surface area contributed by atoms with E-state index in [1.54, 1.807) is 37.4 Å². The highest BCUT2D eigenvalue weighted by atomic mass is 32.2. The van der Waals surface area contributed by atoms with Crippen molar-refractivity contribution in [3.05, 3.63) is 76.9 Å². The highest BCUT2D eigenvalue weighted by Crippen LogP contribution is 2.30. The molecule has 31 heavy (non-hydrogen) atoms. The molecule has 0 spiro atoms. The summed E-state index contributed by atoms with van der Waals surface area (Å²) in [7, 11) is -3.79. The van der Waals surface area contributed by atoms with E-state index >= 15 is 0 Å². The van der Waals surface area contributed by atoms with Gasteiger partial charge in [-0.05, 0) is 56.5 Å². The van der Waals surface area contributed by atoms with Crippen molar-refractivity contribution in [2.45, 2.75) is 38.0 Å². The lowest BCUT2D eigenvalue weighted by Crippen LogP contribution is -2.22. The van der Waals surface area contributed by atoms with Gasteiger partial charge in [0.1, 0.15) is 11.6 Å². The molecule has 1 amide bonds. The normalized spacial score (nSPS) is 14.8. The van der Waals surface area contributed by atoms with Gasteiger partial charge >= 0.3 is 0 Å². The van der Waals surface area contributed by atoms with E-state index in [1.807, 2.05) is 13.0 Å². The smallest absolute Gasteiger partial charge is 0.292 e. The van der Waals surface area contributed by atoms with Crippen LogP contribution in [0.2, 0.25) is 0 Å². The lowest BCUT2D eigenvalue weighted by atomic mass is 9.93. The maximum atomic E-state index is 12.8. The number of furan rings is 1. The number of nitrogens with zero attached hydrogens (tertiary/aromatic N) is 2. The number of carbonyl (C=O) groups is 1. The second kappa shape index (κ2) is 8.35. The van der Waals surface area contributed by atoms with E-state index in [0.717, 1.165) is 12.0 Å². The van der Waals surface area contributed by atoms with E-state index in [0.29, 0.717) is 41.3 Å². The number of aromatic nitrogens is 1. The van der Waals surface area contributed by atoms with Crippen LogP contribution in [-0.4, -0.2) is 25.0 Å². The van der Waals surface area contributed by atoms with Gasteiger partial charge in [0.2, 0.25) is 0 Å². The minimum Gasteiger partial charge on any atom is -0.455 e. The Hall–Kier alpha value is -3.46. The fraction of sp³-hybridized carbons (Fsp3) is 0.227. The van der Waals surface area contributed by atoms with Crippen LogP contribution in [-0.2, 0) is 16.4 Å². The number of hydrogen-bond donors (Lipinski definition) is 2. The molecule has 4 rings (SSSR count). The molecule has 0 bridgehead atoms. The van der Waals surface area contributed by atoms with Gasteiger partial charge < -0.3 is 9.73 Å². The fourth-order valence-corrected chi connectivity index (χ4v) is 4.39. The van der Waals surface area contributed by atoms with E-state index in [4.69, 9.17) is 4.42 Å². The van der Waals surface area contributed by atoms with Gasteiger partial charge in [-0.1, -0.05) is 18.2 Å². The summed E-state index contributed by atoms with van der Waals surface area (Å²) in [5, 5.41) is 6.92. The maximum absolute atomic E-state index is 12.8. The van der Waals surface area contributed by atoms with Crippen LogP contribution in [0.1, 0.15) is 45.8 Å². The number of nitrogens with one attached hydrogen (secondary N) is 2. The van der Waals surface area contributed by atoms with Crippen molar-refractivity contribution >= 4 is 27.5 Å². The van der Waals surface area contributed by atoms with Crippen LogP contribution in [0.3, 0.4) is 0 Å². The molecule has 160 valence electrons. The zero-order chi connectivity index (χ0) is 22.0. The van der Waals surface area contributed by atoms with Gasteiger partial charge in [-0.2, -0.15) is 18.4 Å². The lowest BCUT2D eigenvalue weighted by Gasteiger charge is -2.14. The standard InChI is InChI=1S/C22H22N4O4S/c1-14-11-12-23-19(13-14)24-22(27)21-15(2)20-17(9-6-10-18(20)30-21)25-26-31(28,29)16-7-4-3-5-8-16/h3-5,7-8,11-13,26H,6,9-10H2,1-2H3,(H,23,24,27)/b25-17+. The van der Waals surface area contributed by atoms with Gasteiger partial charge in [-0.25, -0.2) is 4.98 Å². The molecule has 9 heteroatoms. The molecule has 0 radical (unpaired) electrons. The number of sulfonamides is 1. The zero-order valence-electron chi connectivity index (χ0n) is 17.2. The quantitative estimate of drug-likeness (QED) is 0.591. The summed E-state index contributed by atoms with van der Waals surface area (Å²) in [6, 6.07) is 11.6. The highest BCUT2D eigenvalue weighted by molar-refractivity contribution is 7.89. The van der Waals surface area contributed by atoms with Crippen LogP contribution in [0.25, 0.3) is 0 Å². The number of hydrazone groups is 1. The average molecular weight is 439 g/mol. The van der Waals surface area contributed by atoms with Crippen LogP contribution in [0.4, 0.5) is 5.82 Å². The second-order valence-corrected chi connectivity index (χ2v) is 9.01. The Morgan fingerprint density at radius 3 is 2.65 bits per heavy atom. The summed E-state index contributed by atoms with van der Waals surface area (Å²) in [6.07, 6.45) is 3.59. The van der Waals surface area contributed by atoms with E-state index in [2.05, 4.69) is 20.2 Å². The molecule has 2 heterocycles. The molecule has 1 aromatic carbocycles. The molecule has 0 aliphatic heterocycles. The number of amides is 1. The Morgan fingerprint density at radius 1 is 1.13 bits per heavy atom. The molecular formula is C22H22N4O4S. The lowest BCUT2D eigenvalue weighted by molar-refractivity contribution is 0.0993. The Morgan fingerprint density at radius 2 is 1.90 bits per heavy atom. The van der Waals surface area contributed by atoms with Crippen LogP contribution in [0, 0.1) is 13.8 Å². The molecule has 0 saturated heterocycles. The predicted molar refractivity (Wildman–Crippen MR) is 117 cm³/mol. The summed E-state index contributed by atoms with van der Waals surface area (Å²) in [5.74, 6) is 0.829. The number of carbonyl (C=O) groups excluding carboxylic acids is 1. The van der Waals surface area contributed by atoms with E-state index in [9.17, 15) is 13.2 Å². The second-order valence-electron chi connectivity index (χ2n) is 7.35. The zero-order valence-corrected chi connectivity index (χ0v) is 18.0. The van der Waals surface area contributed by atoms with Crippen LogP contribution < -0.4 is 10.1 Å². The first kappa shape index (κ1) is 20.8. The summed E-state index contributed by atoms with van der Waals surface area (Å²) in [6.45, 7) is 3.68. The summed E-state index contributed by atoms with van der Waals surface area (Å²) in [4.78, 5) is 19.4. The first-order valence-electron chi connectivity index (χ1n) is 9.85. The first-order valence-corrected chi connectivity index (χ1v) is 11.3. The third-order valence-electron chi connectivity index (χ3n) is 5.04. The molecular weight excluding hydrogens is 416 g/mol. The maximum Gasteiger partial charge on any atom is 0.292 e. The van der Waals surface area contributed by atoms with E-state index in [1.165, 1.54) is 12.1 Å². The average Bonchev–Trinajstić information content (AvgIpc) is 3.10. The minimum atomic E-state index is -3.79. The van der Waals surface area contributed by atoms with Gasteiger partial charge in [0, 0.05) is 23.7 Å². The topological polar surface area (TPSA) is 114 Å². The Bertz CT molecular complexity index is 1260. The van der Waals surface area contributed by atoms with Crippen molar-refractivity contribution in [3.63, 3.8) is 0 Å². The summed E-state index contributed by atoms with van der Waals surface area (Å²) >= 11 is 0. The Balaban J connectivity index is 1.61. The Kier molecular flexibility index (Phi) is 5.60. The molecule has 0 fully saturated rings. The number of hydrogen-bond acceptors (Lipinski definition) is 6. The molecule has 0 unspecified atom stereocenters. The van der Waals surface area contributed by atoms with Crippen molar-refractivity contribution in [1.82, 2.24) is 9.82 Å². The molecule has 2 N–H and O–H groups in total. The van der Waals surface area contributed by atoms with Crippen molar-refractivity contribution < 1.29 is 17.6 Å². The molecule has 0 atom stereocenters. The largest absolute Gasteiger partial charge is 0.455 e. The van der Waals surface area contributed by atoms with Gasteiger partial charge in [0.15, 0.2) is 5.76 Å². The van der Waals surface area contributed by atoms with Crippen LogP contribution in [0.15, 0.2) is 63.1 Å². The monoisotopic (exact) mass is 438 g/mol. The van der Waals surface area contributed by atoms with Gasteiger partial charge in [-0.3, -0.25) is 4.79 Å². The number of benzene rings is 1. The highest BCUT2D eigenvalue weighted by Gasteiger charge is 2.28. The van der Waals surface area contributed by atoms with Crippen molar-refractivity contribution in [3.8, 4) is 0 Å². The molecule has 8 nitrogen and oxygen atoms in total. The van der Waals surface area contributed by atoms with Crippen molar-refractivity contribution in [2.24, 2.45) is 5.10 Å². The molecule has 0 saturated carbocycles. The minimum absolute atomic E-state index is 0.130. The van der Waals surface area contributed by atoms with Gasteiger partial charge in [-0.15, -0.1) is 0 Å². The van der Waals surface area contributed by atoms with Gasteiger partial charge in [0.25, 0.3) is 15.9 Å². The molecule has 3 aromatic rings. The third kappa shape index (κ3) is 4.36. The summed E-state index contributed by atoms with van der Waals surface area (Å²) < 4.78 is 30.9. The third-order valence-corrected chi connectivity index (χ3v) is 6.27. The number of fused-ring (bicyclic) bond motifs is 1. The number of anilines is 1. The van der Waals surface area contributed by atoms with E-state index < -0.39 is 15.9 Å². The summed E-state index contributed by atoms with van der Waals surface area (Å²) in [5.41, 5.74) is 2.83. The fourth-order valence-electron chi connectivity index (χ4n) is 3.54. The number of aryl methyl sites for hydroxylation is 2. The van der Waals surface area contributed by atoms with Crippen molar-refractivity contribution in [1.29, 1.82) is 0 Å². The first-order chi connectivity index (χ1) is 14.8. The van der Waals surface area contributed by atoms with Gasteiger partial charge in [0.05, 0.1) is 10.6 Å². The molecule has 1 aliphatic rings. The molecule has 2 aromatic heterocycles. The van der Waals surface area contributed by atoms with Crippen LogP contribution >= 0.6 is 0 Å². The Labute approximate surface area is 180 Å². The number of pyridine rings is 1. The van der Waals surface area contributed by atoms with E-state index in [-0.39, 0.29) is 10.7 Å². The molecule has 1 aliphatic carbocycles. The van der Waals surface area contributed by atoms with Crippen molar-refractivity contribution in [2.75, 3.05) is 5.32 Å². The SMILES string of the molecule is Cc1ccnc(NC(=O)c2oc3c(c2C)/C(=N/NS(=O)(=O)c2ccccc2)CCC3)c1.